The SMILES string of the molecule is CC(C)(Nc1cc(-c2cccc(OC(F)(F)F)c2)cc(N2CCCC2=O)c1)c1ccc(C(F)(F)F)nc1. The average molecular weight is 523 g/mol. The molecule has 1 saturated heterocycles. The van der Waals surface area contributed by atoms with Gasteiger partial charge in [-0.25, -0.2) is 0 Å². The lowest BCUT2D eigenvalue weighted by Crippen LogP contribution is -2.29. The largest absolute Gasteiger partial charge is 0.573 e. The fourth-order valence-corrected chi connectivity index (χ4v) is 4.16. The summed E-state index contributed by atoms with van der Waals surface area (Å²) in [5.41, 5.74) is 0.588. The second-order valence-corrected chi connectivity index (χ2v) is 9.17. The van der Waals surface area contributed by atoms with Crippen molar-refractivity contribution in [3.63, 3.8) is 0 Å². The third-order valence-corrected chi connectivity index (χ3v) is 5.94. The number of nitrogens with one attached hydrogen (secondary N) is 1. The van der Waals surface area contributed by atoms with E-state index in [0.29, 0.717) is 47.5 Å². The molecule has 0 bridgehead atoms. The third-order valence-electron chi connectivity index (χ3n) is 5.94. The molecule has 196 valence electrons. The zero-order chi connectivity index (χ0) is 27.0. The summed E-state index contributed by atoms with van der Waals surface area (Å²) in [6, 6.07) is 12.8. The Balaban J connectivity index is 1.71. The second kappa shape index (κ2) is 9.60. The lowest BCUT2D eigenvalue weighted by Gasteiger charge is -2.29. The first-order chi connectivity index (χ1) is 17.2. The molecule has 0 saturated carbocycles. The minimum atomic E-state index is -4.85. The van der Waals surface area contributed by atoms with Gasteiger partial charge in [0.05, 0.1) is 5.54 Å². The van der Waals surface area contributed by atoms with Crippen LogP contribution < -0.4 is 15.0 Å². The topological polar surface area (TPSA) is 54.5 Å². The molecular weight excluding hydrogens is 500 g/mol. The van der Waals surface area contributed by atoms with E-state index < -0.39 is 29.5 Å². The number of halogens is 6. The molecule has 11 heteroatoms. The molecule has 0 atom stereocenters. The highest BCUT2D eigenvalue weighted by Gasteiger charge is 2.33. The Morgan fingerprint density at radius 2 is 1.70 bits per heavy atom. The quantitative estimate of drug-likeness (QED) is 0.349. The van der Waals surface area contributed by atoms with Gasteiger partial charge in [0.1, 0.15) is 11.4 Å². The van der Waals surface area contributed by atoms with Crippen molar-refractivity contribution in [2.75, 3.05) is 16.8 Å². The van der Waals surface area contributed by atoms with E-state index in [1.54, 1.807) is 43.0 Å². The van der Waals surface area contributed by atoms with Crippen molar-refractivity contribution >= 4 is 17.3 Å². The van der Waals surface area contributed by atoms with Crippen molar-refractivity contribution in [1.82, 2.24) is 4.98 Å². The molecule has 1 N–H and O–H groups in total. The van der Waals surface area contributed by atoms with Gasteiger partial charge in [-0.2, -0.15) is 13.2 Å². The Kier molecular flexibility index (Phi) is 6.83. The minimum absolute atomic E-state index is 0.0801. The minimum Gasteiger partial charge on any atom is -0.406 e. The maximum Gasteiger partial charge on any atom is 0.573 e. The zero-order valence-corrected chi connectivity index (χ0v) is 19.9. The summed E-state index contributed by atoms with van der Waals surface area (Å²) >= 11 is 0. The van der Waals surface area contributed by atoms with Crippen LogP contribution in [0.4, 0.5) is 37.7 Å². The summed E-state index contributed by atoms with van der Waals surface area (Å²) in [5.74, 6) is -0.471. The number of carbonyl (C=O) groups excluding carboxylic acids is 1. The predicted molar refractivity (Wildman–Crippen MR) is 126 cm³/mol. The summed E-state index contributed by atoms with van der Waals surface area (Å²) in [5, 5.41) is 3.26. The summed E-state index contributed by atoms with van der Waals surface area (Å²) in [6.07, 6.45) is -7.22. The standard InChI is InChI=1S/C26H23F6N3O2/c1-24(2,18-8-9-22(33-15-18)25(27,28)29)34-19-11-17(12-20(14-19)35-10-4-7-23(35)36)16-5-3-6-21(13-16)37-26(30,31)32/h3,5-6,8-9,11-15,34H,4,7,10H2,1-2H3. The number of hydrogen-bond donors (Lipinski definition) is 1. The van der Waals surface area contributed by atoms with Crippen LogP contribution in [0, 0.1) is 0 Å². The summed E-state index contributed by atoms with van der Waals surface area (Å²) in [7, 11) is 0. The molecule has 1 aliphatic heterocycles. The number of aromatic nitrogens is 1. The smallest absolute Gasteiger partial charge is 0.406 e. The van der Waals surface area contributed by atoms with Gasteiger partial charge in [0, 0.05) is 30.5 Å². The highest BCUT2D eigenvalue weighted by molar-refractivity contribution is 5.96. The number of pyridine rings is 1. The van der Waals surface area contributed by atoms with E-state index >= 15 is 0 Å². The molecular formula is C26H23F6N3O2. The van der Waals surface area contributed by atoms with Gasteiger partial charge in [-0.1, -0.05) is 18.2 Å². The van der Waals surface area contributed by atoms with Crippen molar-refractivity contribution in [3.8, 4) is 16.9 Å². The van der Waals surface area contributed by atoms with Gasteiger partial charge >= 0.3 is 12.5 Å². The first-order valence-electron chi connectivity index (χ1n) is 11.3. The molecule has 0 spiro atoms. The Bertz CT molecular complexity index is 1290. The van der Waals surface area contributed by atoms with Crippen molar-refractivity contribution in [3.05, 3.63) is 72.1 Å². The Morgan fingerprint density at radius 1 is 0.946 bits per heavy atom. The molecule has 2 heterocycles. The molecule has 1 aliphatic rings. The third kappa shape index (κ3) is 6.33. The van der Waals surface area contributed by atoms with Gasteiger partial charge in [0.2, 0.25) is 5.91 Å². The number of hydrogen-bond acceptors (Lipinski definition) is 4. The van der Waals surface area contributed by atoms with Gasteiger partial charge in [0.25, 0.3) is 0 Å². The van der Waals surface area contributed by atoms with Crippen LogP contribution in [0.5, 0.6) is 5.75 Å². The number of benzene rings is 2. The molecule has 1 amide bonds. The van der Waals surface area contributed by atoms with E-state index in [9.17, 15) is 31.1 Å². The van der Waals surface area contributed by atoms with Crippen LogP contribution in [-0.4, -0.2) is 23.8 Å². The van der Waals surface area contributed by atoms with Gasteiger partial charge in [-0.3, -0.25) is 9.78 Å². The predicted octanol–water partition coefficient (Wildman–Crippen LogP) is 7.14. The number of anilines is 2. The van der Waals surface area contributed by atoms with Crippen LogP contribution in [0.25, 0.3) is 11.1 Å². The van der Waals surface area contributed by atoms with Gasteiger partial charge in [-0.05, 0) is 73.4 Å². The number of nitrogens with zero attached hydrogens (tertiary/aromatic N) is 2. The van der Waals surface area contributed by atoms with E-state index in [0.717, 1.165) is 12.3 Å². The van der Waals surface area contributed by atoms with Crippen LogP contribution >= 0.6 is 0 Å². The van der Waals surface area contributed by atoms with E-state index in [2.05, 4.69) is 15.0 Å². The monoisotopic (exact) mass is 523 g/mol. The first kappa shape index (κ1) is 26.3. The number of ether oxygens (including phenoxy) is 1. The van der Waals surface area contributed by atoms with Crippen molar-refractivity contribution in [2.24, 2.45) is 0 Å². The summed E-state index contributed by atoms with van der Waals surface area (Å²) in [6.45, 7) is 4.00. The van der Waals surface area contributed by atoms with Crippen molar-refractivity contribution < 1.29 is 35.9 Å². The molecule has 0 radical (unpaired) electrons. The van der Waals surface area contributed by atoms with Gasteiger partial charge < -0.3 is 15.0 Å². The number of amides is 1. The van der Waals surface area contributed by atoms with E-state index in [1.165, 1.54) is 24.3 Å². The maximum atomic E-state index is 12.9. The Morgan fingerprint density at radius 3 is 2.30 bits per heavy atom. The van der Waals surface area contributed by atoms with Crippen LogP contribution in [0.2, 0.25) is 0 Å². The van der Waals surface area contributed by atoms with Crippen LogP contribution in [-0.2, 0) is 16.5 Å². The summed E-state index contributed by atoms with van der Waals surface area (Å²) < 4.78 is 81.1. The first-order valence-corrected chi connectivity index (χ1v) is 11.3. The Hall–Kier alpha value is -3.76. The lowest BCUT2D eigenvalue weighted by atomic mass is 9.94. The molecule has 4 rings (SSSR count). The number of carbonyl (C=O) groups is 1. The van der Waals surface area contributed by atoms with E-state index in [1.807, 2.05) is 0 Å². The molecule has 2 aromatic carbocycles. The second-order valence-electron chi connectivity index (χ2n) is 9.17. The highest BCUT2D eigenvalue weighted by atomic mass is 19.4. The number of alkyl halides is 6. The summed E-state index contributed by atoms with van der Waals surface area (Å²) in [4.78, 5) is 17.5. The molecule has 37 heavy (non-hydrogen) atoms. The Labute approximate surface area is 209 Å². The normalized spacial score (nSPS) is 14.7. The number of rotatable bonds is 6. The fraction of sp³-hybridized carbons (Fsp3) is 0.308. The lowest BCUT2D eigenvalue weighted by molar-refractivity contribution is -0.274. The maximum absolute atomic E-state index is 12.9. The average Bonchev–Trinajstić information content (AvgIpc) is 3.23. The molecule has 0 aliphatic carbocycles. The molecule has 0 unspecified atom stereocenters. The molecule has 1 fully saturated rings. The van der Waals surface area contributed by atoms with E-state index in [-0.39, 0.29) is 5.91 Å². The zero-order valence-electron chi connectivity index (χ0n) is 19.9. The molecule has 5 nitrogen and oxygen atoms in total. The van der Waals surface area contributed by atoms with Gasteiger partial charge in [0.15, 0.2) is 0 Å². The van der Waals surface area contributed by atoms with Crippen molar-refractivity contribution in [1.29, 1.82) is 0 Å². The highest BCUT2D eigenvalue weighted by Crippen LogP contribution is 2.36. The van der Waals surface area contributed by atoms with Crippen LogP contribution in [0.3, 0.4) is 0 Å². The van der Waals surface area contributed by atoms with Crippen molar-refractivity contribution in [2.45, 2.75) is 44.8 Å². The molecule has 1 aromatic heterocycles. The van der Waals surface area contributed by atoms with Crippen LogP contribution in [0.15, 0.2) is 60.8 Å². The molecule has 3 aromatic rings. The van der Waals surface area contributed by atoms with Crippen LogP contribution in [0.1, 0.15) is 37.9 Å². The van der Waals surface area contributed by atoms with E-state index in [4.69, 9.17) is 0 Å². The van der Waals surface area contributed by atoms with Gasteiger partial charge in [-0.15, -0.1) is 13.2 Å². The fourth-order valence-electron chi connectivity index (χ4n) is 4.16.